The van der Waals surface area contributed by atoms with Crippen LogP contribution in [0.3, 0.4) is 0 Å². The molecule has 0 unspecified atom stereocenters. The largest absolute Gasteiger partial charge is 0.411 e. The lowest BCUT2D eigenvalue weighted by Crippen LogP contribution is -2.27. The van der Waals surface area contributed by atoms with Crippen molar-refractivity contribution in [3.63, 3.8) is 0 Å². The van der Waals surface area contributed by atoms with E-state index in [1.165, 1.54) is 0 Å². The number of nitrogens with zero attached hydrogens (tertiary/aromatic N) is 2. The molecule has 20 heavy (non-hydrogen) atoms. The lowest BCUT2D eigenvalue weighted by atomic mass is 9.75. The molecule has 104 valence electrons. The van der Waals surface area contributed by atoms with Crippen LogP contribution in [0.4, 0.5) is 0 Å². The van der Waals surface area contributed by atoms with Gasteiger partial charge in [0.25, 0.3) is 0 Å². The van der Waals surface area contributed by atoms with Crippen LogP contribution < -0.4 is 0 Å². The summed E-state index contributed by atoms with van der Waals surface area (Å²) in [5.74, 6) is 0.787. The average molecular weight is 270 g/mol. The fourth-order valence-corrected chi connectivity index (χ4v) is 2.86. The number of hydrogen-bond donors (Lipinski definition) is 1. The molecular formula is C16H18N2O2. The predicted molar refractivity (Wildman–Crippen MR) is 76.2 cm³/mol. The Hall–Kier alpha value is -2.10. The molecule has 4 nitrogen and oxygen atoms in total. The average Bonchev–Trinajstić information content (AvgIpc) is 2.80. The van der Waals surface area contributed by atoms with Crippen LogP contribution in [0, 0.1) is 5.41 Å². The van der Waals surface area contributed by atoms with Gasteiger partial charge in [-0.3, -0.25) is 0 Å². The van der Waals surface area contributed by atoms with Crippen molar-refractivity contribution < 1.29 is 9.73 Å². The third-order valence-corrected chi connectivity index (χ3v) is 3.74. The first kappa shape index (κ1) is 12.9. The van der Waals surface area contributed by atoms with Crippen LogP contribution >= 0.6 is 0 Å². The number of benzene rings is 1. The Morgan fingerprint density at radius 3 is 2.70 bits per heavy atom. The molecule has 0 atom stereocenters. The van der Waals surface area contributed by atoms with E-state index < -0.39 is 0 Å². The van der Waals surface area contributed by atoms with Crippen molar-refractivity contribution in [1.82, 2.24) is 5.16 Å². The highest BCUT2D eigenvalue weighted by Gasteiger charge is 2.35. The second-order valence-corrected chi connectivity index (χ2v) is 6.15. The summed E-state index contributed by atoms with van der Waals surface area (Å²) >= 11 is 0. The van der Waals surface area contributed by atoms with Crippen LogP contribution in [-0.2, 0) is 12.8 Å². The predicted octanol–water partition coefficient (Wildman–Crippen LogP) is 3.42. The zero-order valence-corrected chi connectivity index (χ0v) is 11.8. The zero-order valence-electron chi connectivity index (χ0n) is 11.8. The highest BCUT2D eigenvalue weighted by Crippen LogP contribution is 2.36. The number of rotatable bonds is 2. The summed E-state index contributed by atoms with van der Waals surface area (Å²) in [5, 5.41) is 17.0. The maximum Gasteiger partial charge on any atom is 0.150 e. The minimum atomic E-state index is 0.0510. The SMILES string of the molecule is CC1(C)CC(=NO)c2c(noc2Cc2ccccc2)C1. The van der Waals surface area contributed by atoms with Crippen LogP contribution in [0.15, 0.2) is 40.0 Å². The van der Waals surface area contributed by atoms with E-state index in [2.05, 4.69) is 36.3 Å². The maximum atomic E-state index is 9.30. The summed E-state index contributed by atoms with van der Waals surface area (Å²) in [7, 11) is 0. The monoisotopic (exact) mass is 270 g/mol. The van der Waals surface area contributed by atoms with Gasteiger partial charge < -0.3 is 9.73 Å². The van der Waals surface area contributed by atoms with Gasteiger partial charge in [0, 0.05) is 6.42 Å². The minimum absolute atomic E-state index is 0.0510. The molecule has 0 amide bonds. The van der Waals surface area contributed by atoms with Crippen molar-refractivity contribution in [2.75, 3.05) is 0 Å². The van der Waals surface area contributed by atoms with Gasteiger partial charge in [0.05, 0.1) is 17.0 Å². The smallest absolute Gasteiger partial charge is 0.150 e. The molecule has 1 aliphatic carbocycles. The van der Waals surface area contributed by atoms with Crippen LogP contribution in [-0.4, -0.2) is 16.1 Å². The van der Waals surface area contributed by atoms with E-state index in [-0.39, 0.29) is 5.41 Å². The second kappa shape index (κ2) is 4.78. The Kier molecular flexibility index (Phi) is 3.08. The molecule has 3 rings (SSSR count). The van der Waals surface area contributed by atoms with Crippen LogP contribution in [0.5, 0.6) is 0 Å². The van der Waals surface area contributed by atoms with E-state index in [4.69, 9.17) is 4.52 Å². The van der Waals surface area contributed by atoms with Gasteiger partial charge in [-0.1, -0.05) is 54.5 Å². The van der Waals surface area contributed by atoms with Crippen LogP contribution in [0.2, 0.25) is 0 Å². The van der Waals surface area contributed by atoms with E-state index in [9.17, 15) is 5.21 Å². The Morgan fingerprint density at radius 1 is 1.25 bits per heavy atom. The Bertz CT molecular complexity index is 642. The third-order valence-electron chi connectivity index (χ3n) is 3.74. The van der Waals surface area contributed by atoms with E-state index in [1.54, 1.807) is 0 Å². The minimum Gasteiger partial charge on any atom is -0.411 e. The Labute approximate surface area is 118 Å². The van der Waals surface area contributed by atoms with Crippen molar-refractivity contribution >= 4 is 5.71 Å². The fourth-order valence-electron chi connectivity index (χ4n) is 2.86. The molecule has 0 aliphatic heterocycles. The van der Waals surface area contributed by atoms with E-state index in [0.717, 1.165) is 35.4 Å². The number of hydrogen-bond acceptors (Lipinski definition) is 4. The van der Waals surface area contributed by atoms with E-state index in [0.29, 0.717) is 12.1 Å². The van der Waals surface area contributed by atoms with E-state index >= 15 is 0 Å². The molecule has 1 N–H and O–H groups in total. The van der Waals surface area contributed by atoms with Crippen LogP contribution in [0.25, 0.3) is 0 Å². The lowest BCUT2D eigenvalue weighted by Gasteiger charge is -2.28. The Balaban J connectivity index is 1.98. The second-order valence-electron chi connectivity index (χ2n) is 6.15. The van der Waals surface area contributed by atoms with Gasteiger partial charge in [0.1, 0.15) is 0 Å². The highest BCUT2D eigenvalue weighted by molar-refractivity contribution is 6.03. The fraction of sp³-hybridized carbons (Fsp3) is 0.375. The van der Waals surface area contributed by atoms with Gasteiger partial charge in [-0.15, -0.1) is 0 Å². The van der Waals surface area contributed by atoms with Gasteiger partial charge in [-0.05, 0) is 23.8 Å². The molecule has 0 fully saturated rings. The van der Waals surface area contributed by atoms with E-state index in [1.807, 2.05) is 18.2 Å². The molecule has 0 saturated heterocycles. The molecule has 1 heterocycles. The van der Waals surface area contributed by atoms with Gasteiger partial charge in [-0.2, -0.15) is 0 Å². The van der Waals surface area contributed by atoms with Gasteiger partial charge in [-0.25, -0.2) is 0 Å². The summed E-state index contributed by atoms with van der Waals surface area (Å²) in [6.07, 6.45) is 2.25. The first-order chi connectivity index (χ1) is 9.59. The third kappa shape index (κ3) is 2.33. The van der Waals surface area contributed by atoms with Crippen molar-refractivity contribution in [3.05, 3.63) is 52.9 Å². The van der Waals surface area contributed by atoms with Gasteiger partial charge in [0.2, 0.25) is 0 Å². The highest BCUT2D eigenvalue weighted by atomic mass is 16.5. The van der Waals surface area contributed by atoms with Gasteiger partial charge >= 0.3 is 0 Å². The molecule has 0 spiro atoms. The summed E-state index contributed by atoms with van der Waals surface area (Å²) in [5.41, 5.74) is 3.70. The molecule has 0 saturated carbocycles. The molecule has 4 heteroatoms. The molecule has 0 radical (unpaired) electrons. The number of oxime groups is 1. The summed E-state index contributed by atoms with van der Waals surface area (Å²) in [6.45, 7) is 4.29. The molecule has 2 aromatic rings. The first-order valence-corrected chi connectivity index (χ1v) is 6.82. The summed E-state index contributed by atoms with van der Waals surface area (Å²) in [6, 6.07) is 10.1. The van der Waals surface area contributed by atoms with Crippen molar-refractivity contribution in [2.45, 2.75) is 33.1 Å². The molecular weight excluding hydrogens is 252 g/mol. The molecule has 1 aromatic carbocycles. The zero-order chi connectivity index (χ0) is 14.2. The number of aromatic nitrogens is 1. The summed E-state index contributed by atoms with van der Waals surface area (Å²) in [4.78, 5) is 0. The molecule has 1 aromatic heterocycles. The molecule has 1 aliphatic rings. The van der Waals surface area contributed by atoms with Crippen molar-refractivity contribution in [1.29, 1.82) is 0 Å². The normalized spacial score (nSPS) is 19.0. The van der Waals surface area contributed by atoms with Gasteiger partial charge in [0.15, 0.2) is 5.76 Å². The standard InChI is InChI=1S/C16H18N2O2/c1-16(2)9-12(17-19)15-13(10-16)18-20-14(15)8-11-6-4-3-5-7-11/h3-7,19H,8-10H2,1-2H3. The van der Waals surface area contributed by atoms with Crippen molar-refractivity contribution in [3.8, 4) is 0 Å². The van der Waals surface area contributed by atoms with Crippen LogP contribution in [0.1, 0.15) is 42.8 Å². The quantitative estimate of drug-likeness (QED) is 0.672. The topological polar surface area (TPSA) is 58.6 Å². The lowest BCUT2D eigenvalue weighted by molar-refractivity contribution is 0.305. The Morgan fingerprint density at radius 2 is 2.00 bits per heavy atom. The first-order valence-electron chi connectivity index (χ1n) is 6.82. The molecule has 0 bridgehead atoms. The summed E-state index contributed by atoms with van der Waals surface area (Å²) < 4.78 is 5.50. The van der Waals surface area contributed by atoms with Crippen molar-refractivity contribution in [2.24, 2.45) is 10.6 Å². The number of fused-ring (bicyclic) bond motifs is 1. The maximum absolute atomic E-state index is 9.30.